The molecule has 17 heavy (non-hydrogen) atoms. The highest BCUT2D eigenvalue weighted by molar-refractivity contribution is 6.35. The topological polar surface area (TPSA) is 15.8 Å². The summed E-state index contributed by atoms with van der Waals surface area (Å²) in [7, 11) is 0. The molecular formula is C14H8ClFN. The first-order chi connectivity index (χ1) is 8.24. The third-order valence-electron chi connectivity index (χ3n) is 2.70. The van der Waals surface area contributed by atoms with Crippen molar-refractivity contribution in [2.45, 2.75) is 0 Å². The molecule has 0 aliphatic heterocycles. The zero-order valence-corrected chi connectivity index (χ0v) is 9.55. The molecular weight excluding hydrogens is 237 g/mol. The van der Waals surface area contributed by atoms with E-state index in [4.69, 9.17) is 11.6 Å². The molecule has 3 aromatic rings. The van der Waals surface area contributed by atoms with Crippen molar-refractivity contribution in [3.63, 3.8) is 0 Å². The second kappa shape index (κ2) is 3.90. The molecule has 3 heteroatoms. The SMILES string of the molecule is Fc1ccc(-c2cc3c(Cl)[c]ccc3[nH]2)cc1. The van der Waals surface area contributed by atoms with Crippen LogP contribution in [0.4, 0.5) is 4.39 Å². The lowest BCUT2D eigenvalue weighted by Gasteiger charge is -1.96. The molecule has 1 N–H and O–H groups in total. The molecule has 0 aliphatic rings. The Morgan fingerprint density at radius 2 is 1.88 bits per heavy atom. The van der Waals surface area contributed by atoms with Crippen LogP contribution in [-0.2, 0) is 0 Å². The first-order valence-electron chi connectivity index (χ1n) is 5.19. The summed E-state index contributed by atoms with van der Waals surface area (Å²) in [5.74, 6) is -0.240. The van der Waals surface area contributed by atoms with Gasteiger partial charge in [-0.1, -0.05) is 17.7 Å². The van der Waals surface area contributed by atoms with Crippen LogP contribution < -0.4 is 0 Å². The van der Waals surface area contributed by atoms with Crippen LogP contribution in [0.15, 0.2) is 42.5 Å². The van der Waals surface area contributed by atoms with Crippen molar-refractivity contribution in [2.24, 2.45) is 0 Å². The fourth-order valence-corrected chi connectivity index (χ4v) is 2.06. The number of hydrogen-bond acceptors (Lipinski definition) is 0. The minimum absolute atomic E-state index is 0.240. The van der Waals surface area contributed by atoms with Crippen LogP contribution in [0.2, 0.25) is 5.02 Å². The summed E-state index contributed by atoms with van der Waals surface area (Å²) in [6, 6.07) is 14.9. The smallest absolute Gasteiger partial charge is 0.123 e. The molecule has 3 rings (SSSR count). The van der Waals surface area contributed by atoms with E-state index in [9.17, 15) is 4.39 Å². The number of benzene rings is 2. The largest absolute Gasteiger partial charge is 0.354 e. The van der Waals surface area contributed by atoms with E-state index in [1.165, 1.54) is 12.1 Å². The Bertz CT molecular complexity index is 670. The van der Waals surface area contributed by atoms with Gasteiger partial charge in [-0.15, -0.1) is 0 Å². The molecule has 1 nitrogen and oxygen atoms in total. The summed E-state index contributed by atoms with van der Waals surface area (Å²) in [6.07, 6.45) is 0. The Balaban J connectivity index is 2.18. The van der Waals surface area contributed by atoms with E-state index in [1.807, 2.05) is 12.1 Å². The lowest BCUT2D eigenvalue weighted by molar-refractivity contribution is 0.628. The number of aromatic nitrogens is 1. The summed E-state index contributed by atoms with van der Waals surface area (Å²) in [4.78, 5) is 3.25. The predicted molar refractivity (Wildman–Crippen MR) is 67.5 cm³/mol. The number of hydrogen-bond donors (Lipinski definition) is 1. The molecule has 83 valence electrons. The standard InChI is InChI=1S/C14H8ClFN/c15-12-2-1-3-13-11(12)8-14(17-13)9-4-6-10(16)7-5-9/h1,3-8,17H. The van der Waals surface area contributed by atoms with E-state index in [0.29, 0.717) is 5.02 Å². The molecule has 0 amide bonds. The predicted octanol–water partition coefficient (Wildman–Crippen LogP) is 4.43. The Labute approximate surface area is 103 Å². The van der Waals surface area contributed by atoms with Crippen molar-refractivity contribution in [2.75, 3.05) is 0 Å². The van der Waals surface area contributed by atoms with Crippen LogP contribution in [0, 0.1) is 11.9 Å². The molecule has 0 saturated carbocycles. The number of aromatic amines is 1. The van der Waals surface area contributed by atoms with Crippen LogP contribution in [0.5, 0.6) is 0 Å². The van der Waals surface area contributed by atoms with Crippen molar-refractivity contribution in [1.29, 1.82) is 0 Å². The van der Waals surface area contributed by atoms with Gasteiger partial charge in [-0.2, -0.15) is 0 Å². The highest BCUT2D eigenvalue weighted by atomic mass is 35.5. The van der Waals surface area contributed by atoms with Crippen LogP contribution in [0.3, 0.4) is 0 Å². The summed E-state index contributed by atoms with van der Waals surface area (Å²) in [5.41, 5.74) is 2.80. The summed E-state index contributed by atoms with van der Waals surface area (Å²) in [5, 5.41) is 1.51. The third-order valence-corrected chi connectivity index (χ3v) is 3.01. The van der Waals surface area contributed by atoms with Crippen molar-refractivity contribution < 1.29 is 4.39 Å². The molecule has 0 atom stereocenters. The van der Waals surface area contributed by atoms with E-state index in [0.717, 1.165) is 22.2 Å². The lowest BCUT2D eigenvalue weighted by atomic mass is 10.1. The molecule has 0 unspecified atom stereocenters. The maximum Gasteiger partial charge on any atom is 0.123 e. The minimum atomic E-state index is -0.240. The van der Waals surface area contributed by atoms with Gasteiger partial charge in [0.1, 0.15) is 5.82 Å². The molecule has 0 fully saturated rings. The Hall–Kier alpha value is -1.80. The molecule has 1 radical (unpaired) electrons. The van der Waals surface area contributed by atoms with Gasteiger partial charge >= 0.3 is 0 Å². The molecule has 0 bridgehead atoms. The Kier molecular flexibility index (Phi) is 2.37. The van der Waals surface area contributed by atoms with E-state index >= 15 is 0 Å². The van der Waals surface area contributed by atoms with Gasteiger partial charge in [0, 0.05) is 22.7 Å². The van der Waals surface area contributed by atoms with Crippen LogP contribution in [0.1, 0.15) is 0 Å². The first-order valence-corrected chi connectivity index (χ1v) is 5.57. The van der Waals surface area contributed by atoms with Gasteiger partial charge in [0.2, 0.25) is 0 Å². The molecule has 0 spiro atoms. The average Bonchev–Trinajstić information content (AvgIpc) is 2.75. The van der Waals surface area contributed by atoms with Crippen LogP contribution in [-0.4, -0.2) is 4.98 Å². The number of halogens is 2. The van der Waals surface area contributed by atoms with Crippen LogP contribution >= 0.6 is 11.6 Å². The number of H-pyrrole nitrogens is 1. The highest BCUT2D eigenvalue weighted by Crippen LogP contribution is 2.28. The molecule has 1 heterocycles. The van der Waals surface area contributed by atoms with Gasteiger partial charge in [0.15, 0.2) is 0 Å². The van der Waals surface area contributed by atoms with Gasteiger partial charge in [-0.3, -0.25) is 0 Å². The zero-order valence-electron chi connectivity index (χ0n) is 8.80. The molecule has 0 aliphatic carbocycles. The van der Waals surface area contributed by atoms with Crippen molar-refractivity contribution >= 4 is 22.5 Å². The average molecular weight is 245 g/mol. The summed E-state index contributed by atoms with van der Waals surface area (Å²) >= 11 is 6.05. The first kappa shape index (κ1) is 10.4. The van der Waals surface area contributed by atoms with Gasteiger partial charge in [-0.25, -0.2) is 4.39 Å². The fourth-order valence-electron chi connectivity index (χ4n) is 1.84. The fraction of sp³-hybridized carbons (Fsp3) is 0. The minimum Gasteiger partial charge on any atom is -0.354 e. The summed E-state index contributed by atoms with van der Waals surface area (Å²) in [6.45, 7) is 0. The van der Waals surface area contributed by atoms with E-state index in [1.54, 1.807) is 18.2 Å². The van der Waals surface area contributed by atoms with E-state index in [2.05, 4.69) is 11.1 Å². The lowest BCUT2D eigenvalue weighted by Crippen LogP contribution is -1.77. The second-order valence-corrected chi connectivity index (χ2v) is 4.19. The number of rotatable bonds is 1. The Morgan fingerprint density at radius 3 is 2.59 bits per heavy atom. The van der Waals surface area contributed by atoms with Crippen molar-refractivity contribution in [3.8, 4) is 11.3 Å². The normalized spacial score (nSPS) is 10.9. The second-order valence-electron chi connectivity index (χ2n) is 3.81. The highest BCUT2D eigenvalue weighted by Gasteiger charge is 2.05. The zero-order chi connectivity index (χ0) is 11.8. The summed E-state index contributed by atoms with van der Waals surface area (Å²) < 4.78 is 12.8. The van der Waals surface area contributed by atoms with Gasteiger partial charge in [0.05, 0.1) is 5.02 Å². The quantitative estimate of drug-likeness (QED) is 0.652. The maximum atomic E-state index is 12.8. The van der Waals surface area contributed by atoms with Gasteiger partial charge in [0.25, 0.3) is 0 Å². The number of nitrogens with one attached hydrogen (secondary N) is 1. The van der Waals surface area contributed by atoms with E-state index < -0.39 is 0 Å². The van der Waals surface area contributed by atoms with Crippen LogP contribution in [0.25, 0.3) is 22.2 Å². The van der Waals surface area contributed by atoms with Crippen molar-refractivity contribution in [1.82, 2.24) is 4.98 Å². The maximum absolute atomic E-state index is 12.8. The third kappa shape index (κ3) is 1.81. The molecule has 0 saturated heterocycles. The molecule has 2 aromatic carbocycles. The van der Waals surface area contributed by atoms with Gasteiger partial charge < -0.3 is 4.98 Å². The Morgan fingerprint density at radius 1 is 1.12 bits per heavy atom. The van der Waals surface area contributed by atoms with E-state index in [-0.39, 0.29) is 5.82 Å². The van der Waals surface area contributed by atoms with Crippen molar-refractivity contribution in [3.05, 3.63) is 59.4 Å². The number of fused-ring (bicyclic) bond motifs is 1. The monoisotopic (exact) mass is 244 g/mol. The van der Waals surface area contributed by atoms with Gasteiger partial charge in [-0.05, 0) is 42.0 Å². The molecule has 1 aromatic heterocycles.